The first-order valence-corrected chi connectivity index (χ1v) is 9.96. The number of nitrogens with one attached hydrogen (secondary N) is 1. The van der Waals surface area contributed by atoms with Crippen molar-refractivity contribution < 1.29 is 19.8 Å². The summed E-state index contributed by atoms with van der Waals surface area (Å²) in [6.07, 6.45) is 3.83. The molecule has 2 rings (SSSR count). The van der Waals surface area contributed by atoms with Crippen molar-refractivity contribution >= 4 is 11.9 Å². The zero-order chi connectivity index (χ0) is 21.6. The fourth-order valence-electron chi connectivity index (χ4n) is 3.25. The van der Waals surface area contributed by atoms with Crippen molar-refractivity contribution in [1.29, 1.82) is 0 Å². The average Bonchev–Trinajstić information content (AvgIpc) is 3.07. The van der Waals surface area contributed by atoms with Gasteiger partial charge in [-0.05, 0) is 29.4 Å². The number of hydrogen-bond donors (Lipinski definition) is 3. The van der Waals surface area contributed by atoms with Gasteiger partial charge in [0, 0.05) is 24.9 Å². The summed E-state index contributed by atoms with van der Waals surface area (Å²) in [5.74, 6) is -1.52. The van der Waals surface area contributed by atoms with Crippen LogP contribution in [0.15, 0.2) is 36.8 Å². The van der Waals surface area contributed by atoms with Crippen LogP contribution in [-0.2, 0) is 22.6 Å². The summed E-state index contributed by atoms with van der Waals surface area (Å²) < 4.78 is 1.90. The van der Waals surface area contributed by atoms with Gasteiger partial charge in [-0.1, -0.05) is 52.0 Å². The number of rotatable bonds is 11. The fraction of sp³-hybridized carbons (Fsp3) is 0.500. The highest BCUT2D eigenvalue weighted by Crippen LogP contribution is 2.16. The van der Waals surface area contributed by atoms with Gasteiger partial charge in [-0.15, -0.1) is 0 Å². The summed E-state index contributed by atoms with van der Waals surface area (Å²) in [5, 5.41) is 21.8. The topological polar surface area (TPSA) is 104 Å². The van der Waals surface area contributed by atoms with Gasteiger partial charge in [-0.25, -0.2) is 4.98 Å². The van der Waals surface area contributed by atoms with Crippen LogP contribution in [0.4, 0.5) is 0 Å². The third-order valence-electron chi connectivity index (χ3n) is 4.92. The number of carbonyl (C=O) groups is 2. The van der Waals surface area contributed by atoms with E-state index < -0.39 is 24.0 Å². The first kappa shape index (κ1) is 22.6. The van der Waals surface area contributed by atoms with Crippen molar-refractivity contribution in [2.45, 2.75) is 65.1 Å². The van der Waals surface area contributed by atoms with Gasteiger partial charge in [-0.3, -0.25) is 14.9 Å². The van der Waals surface area contributed by atoms with Crippen molar-refractivity contribution in [2.75, 3.05) is 0 Å². The molecule has 3 N–H and O–H groups in total. The number of benzene rings is 1. The summed E-state index contributed by atoms with van der Waals surface area (Å²) in [6, 6.07) is 6.41. The number of aromatic nitrogens is 2. The molecule has 158 valence electrons. The normalized spacial score (nSPS) is 13.6. The van der Waals surface area contributed by atoms with Gasteiger partial charge in [-0.2, -0.15) is 0 Å². The molecule has 0 saturated heterocycles. The Morgan fingerprint density at radius 1 is 1.03 bits per heavy atom. The minimum absolute atomic E-state index is 0.136. The van der Waals surface area contributed by atoms with Gasteiger partial charge >= 0.3 is 11.9 Å². The van der Waals surface area contributed by atoms with E-state index in [0.717, 1.165) is 11.3 Å². The highest BCUT2D eigenvalue weighted by molar-refractivity contribution is 5.77. The SMILES string of the molecule is CC(C)C[C@H](N[C@@H](Cc1cncn1Cc1ccc(C(C)C)cc1)C(=O)O)C(=O)O. The van der Waals surface area contributed by atoms with E-state index in [-0.39, 0.29) is 12.3 Å². The minimum Gasteiger partial charge on any atom is -0.480 e. The molecule has 0 aliphatic rings. The Morgan fingerprint density at radius 3 is 2.17 bits per heavy atom. The van der Waals surface area contributed by atoms with Crippen LogP contribution in [0.1, 0.15) is 56.9 Å². The summed E-state index contributed by atoms with van der Waals surface area (Å²) >= 11 is 0. The number of carboxylic acid groups (broad SMARTS) is 2. The molecule has 0 aliphatic carbocycles. The molecule has 0 saturated carbocycles. The number of nitrogens with zero attached hydrogens (tertiary/aromatic N) is 2. The van der Waals surface area contributed by atoms with E-state index in [0.29, 0.717) is 18.9 Å². The smallest absolute Gasteiger partial charge is 0.321 e. The number of aliphatic carboxylic acids is 2. The van der Waals surface area contributed by atoms with Crippen molar-refractivity contribution in [1.82, 2.24) is 14.9 Å². The number of hydrogen-bond acceptors (Lipinski definition) is 4. The predicted octanol–water partition coefficient (Wildman–Crippen LogP) is 3.14. The van der Waals surface area contributed by atoms with Crippen LogP contribution in [-0.4, -0.2) is 43.8 Å². The molecule has 0 aliphatic heterocycles. The highest BCUT2D eigenvalue weighted by atomic mass is 16.4. The van der Waals surface area contributed by atoms with Crippen LogP contribution in [0.25, 0.3) is 0 Å². The molecular weight excluding hydrogens is 370 g/mol. The average molecular weight is 402 g/mol. The minimum atomic E-state index is -1.07. The van der Waals surface area contributed by atoms with Gasteiger partial charge in [0.2, 0.25) is 0 Å². The third-order valence-corrected chi connectivity index (χ3v) is 4.92. The van der Waals surface area contributed by atoms with Crippen LogP contribution in [0.5, 0.6) is 0 Å². The quantitative estimate of drug-likeness (QED) is 0.534. The third kappa shape index (κ3) is 6.71. The number of imidazole rings is 1. The molecule has 0 bridgehead atoms. The lowest BCUT2D eigenvalue weighted by atomic mass is 10.0. The Morgan fingerprint density at radius 2 is 1.66 bits per heavy atom. The molecule has 1 aromatic carbocycles. The lowest BCUT2D eigenvalue weighted by molar-refractivity contribution is -0.142. The molecule has 0 radical (unpaired) electrons. The summed E-state index contributed by atoms with van der Waals surface area (Å²) in [7, 11) is 0. The maximum atomic E-state index is 11.8. The van der Waals surface area contributed by atoms with Gasteiger partial charge in [0.15, 0.2) is 0 Å². The largest absolute Gasteiger partial charge is 0.480 e. The maximum Gasteiger partial charge on any atom is 0.321 e. The molecular formula is C22H31N3O4. The molecule has 0 amide bonds. The second-order valence-corrected chi connectivity index (χ2v) is 8.19. The van der Waals surface area contributed by atoms with Crippen molar-refractivity contribution in [3.05, 3.63) is 53.6 Å². The van der Waals surface area contributed by atoms with Gasteiger partial charge < -0.3 is 14.8 Å². The molecule has 2 atom stereocenters. The molecule has 7 nitrogen and oxygen atoms in total. The van der Waals surface area contributed by atoms with E-state index in [9.17, 15) is 19.8 Å². The van der Waals surface area contributed by atoms with E-state index >= 15 is 0 Å². The molecule has 29 heavy (non-hydrogen) atoms. The molecule has 7 heteroatoms. The first-order valence-electron chi connectivity index (χ1n) is 9.96. The standard InChI is InChI=1S/C22H31N3O4/c1-14(2)9-19(21(26)27)24-20(22(28)29)10-18-11-23-13-25(18)12-16-5-7-17(8-6-16)15(3)4/h5-8,11,13-15,19-20,24H,9-10,12H2,1-4H3,(H,26,27)(H,28,29)/t19-,20-/m0/s1. The van der Waals surface area contributed by atoms with Crippen molar-refractivity contribution in [3.8, 4) is 0 Å². The first-order chi connectivity index (χ1) is 13.7. The van der Waals surface area contributed by atoms with Crippen LogP contribution in [0.3, 0.4) is 0 Å². The van der Waals surface area contributed by atoms with Crippen molar-refractivity contribution in [3.63, 3.8) is 0 Å². The summed E-state index contributed by atoms with van der Waals surface area (Å²) in [4.78, 5) is 27.4. The van der Waals surface area contributed by atoms with Gasteiger partial charge in [0.25, 0.3) is 0 Å². The second-order valence-electron chi connectivity index (χ2n) is 8.19. The Labute approximate surface area is 171 Å². The zero-order valence-electron chi connectivity index (χ0n) is 17.5. The molecule has 1 aromatic heterocycles. The molecule has 0 spiro atoms. The van der Waals surface area contributed by atoms with E-state index in [1.54, 1.807) is 12.5 Å². The van der Waals surface area contributed by atoms with Gasteiger partial charge in [0.05, 0.1) is 6.33 Å². The van der Waals surface area contributed by atoms with Crippen LogP contribution < -0.4 is 5.32 Å². The molecule has 0 fully saturated rings. The zero-order valence-corrected chi connectivity index (χ0v) is 17.5. The Balaban J connectivity index is 2.12. The van der Waals surface area contributed by atoms with Crippen LogP contribution in [0.2, 0.25) is 0 Å². The lowest BCUT2D eigenvalue weighted by Crippen LogP contribution is -2.49. The molecule has 0 unspecified atom stereocenters. The second kappa shape index (κ2) is 10.2. The van der Waals surface area contributed by atoms with Gasteiger partial charge in [0.1, 0.15) is 12.1 Å². The highest BCUT2D eigenvalue weighted by Gasteiger charge is 2.27. The fourth-order valence-corrected chi connectivity index (χ4v) is 3.25. The van der Waals surface area contributed by atoms with Crippen LogP contribution >= 0.6 is 0 Å². The van der Waals surface area contributed by atoms with Crippen molar-refractivity contribution in [2.24, 2.45) is 5.92 Å². The molecule has 2 aromatic rings. The van der Waals surface area contributed by atoms with E-state index in [1.807, 2.05) is 18.4 Å². The Bertz CT molecular complexity index is 812. The van der Waals surface area contributed by atoms with E-state index in [2.05, 4.69) is 48.4 Å². The van der Waals surface area contributed by atoms with E-state index in [1.165, 1.54) is 5.56 Å². The Hall–Kier alpha value is -2.67. The lowest BCUT2D eigenvalue weighted by Gasteiger charge is -2.22. The predicted molar refractivity (Wildman–Crippen MR) is 111 cm³/mol. The van der Waals surface area contributed by atoms with Crippen LogP contribution in [0, 0.1) is 5.92 Å². The Kier molecular flexibility index (Phi) is 7.96. The summed E-state index contributed by atoms with van der Waals surface area (Å²) in [6.45, 7) is 8.69. The van der Waals surface area contributed by atoms with E-state index in [4.69, 9.17) is 0 Å². The number of carboxylic acids is 2. The monoisotopic (exact) mass is 401 g/mol. The molecule has 1 heterocycles. The summed E-state index contributed by atoms with van der Waals surface area (Å²) in [5.41, 5.74) is 3.10. The maximum absolute atomic E-state index is 11.8.